The Hall–Kier alpha value is -0.820. The second-order valence-electron chi connectivity index (χ2n) is 3.91. The number of ether oxygens (including phenoxy) is 2. The first-order valence-electron chi connectivity index (χ1n) is 5.42. The Morgan fingerprint density at radius 2 is 2.12 bits per heavy atom. The monoisotopic (exact) mass is 347 g/mol. The van der Waals surface area contributed by atoms with Gasteiger partial charge in [-0.1, -0.05) is 0 Å². The molecule has 0 radical (unpaired) electrons. The van der Waals surface area contributed by atoms with Crippen LogP contribution in [0.1, 0.15) is 6.42 Å². The first-order valence-corrected chi connectivity index (χ1v) is 6.50. The number of esters is 1. The van der Waals surface area contributed by atoms with Crippen LogP contribution in [0, 0.1) is 3.57 Å². The molecule has 1 aromatic carbocycles. The topological polar surface area (TPSA) is 47.6 Å². The first kappa shape index (κ1) is 12.6. The van der Waals surface area contributed by atoms with Gasteiger partial charge in [-0.3, -0.25) is 4.79 Å². The summed E-state index contributed by atoms with van der Waals surface area (Å²) in [5.74, 6) is 0.612. The lowest BCUT2D eigenvalue weighted by atomic mass is 10.2. The van der Waals surface area contributed by atoms with Gasteiger partial charge < -0.3 is 14.8 Å². The molecule has 0 saturated carbocycles. The van der Waals surface area contributed by atoms with Crippen LogP contribution in [0.5, 0.6) is 5.75 Å². The van der Waals surface area contributed by atoms with Gasteiger partial charge in [0.1, 0.15) is 17.9 Å². The van der Waals surface area contributed by atoms with Crippen LogP contribution >= 0.6 is 22.6 Å². The van der Waals surface area contributed by atoms with Crippen molar-refractivity contribution in [1.29, 1.82) is 0 Å². The van der Waals surface area contributed by atoms with Crippen LogP contribution in [-0.4, -0.2) is 31.8 Å². The van der Waals surface area contributed by atoms with E-state index in [1.807, 2.05) is 24.3 Å². The molecule has 0 aliphatic carbocycles. The Labute approximate surface area is 114 Å². The molecule has 2 atom stereocenters. The molecule has 1 saturated heterocycles. The summed E-state index contributed by atoms with van der Waals surface area (Å²) in [5, 5.41) is 3.09. The number of benzene rings is 1. The van der Waals surface area contributed by atoms with Gasteiger partial charge in [-0.05, 0) is 46.9 Å². The van der Waals surface area contributed by atoms with Gasteiger partial charge in [0.05, 0.1) is 7.11 Å². The lowest BCUT2D eigenvalue weighted by molar-refractivity contribution is -0.142. The largest absolute Gasteiger partial charge is 0.489 e. The zero-order valence-corrected chi connectivity index (χ0v) is 11.6. The van der Waals surface area contributed by atoms with Crippen LogP contribution in [0.3, 0.4) is 0 Å². The van der Waals surface area contributed by atoms with E-state index in [-0.39, 0.29) is 18.1 Å². The van der Waals surface area contributed by atoms with Gasteiger partial charge in [-0.2, -0.15) is 0 Å². The van der Waals surface area contributed by atoms with E-state index in [1.54, 1.807) is 0 Å². The molecular weight excluding hydrogens is 333 g/mol. The Bertz CT molecular complexity index is 393. The molecule has 4 nitrogen and oxygen atoms in total. The van der Waals surface area contributed by atoms with E-state index in [0.717, 1.165) is 5.75 Å². The maximum absolute atomic E-state index is 11.3. The van der Waals surface area contributed by atoms with Gasteiger partial charge in [0, 0.05) is 16.5 Å². The number of halogens is 1. The highest BCUT2D eigenvalue weighted by molar-refractivity contribution is 14.1. The molecule has 1 N–H and O–H groups in total. The van der Waals surface area contributed by atoms with Crippen LogP contribution in [-0.2, 0) is 9.53 Å². The zero-order chi connectivity index (χ0) is 12.3. The Balaban J connectivity index is 1.89. The lowest BCUT2D eigenvalue weighted by Crippen LogP contribution is -2.31. The summed E-state index contributed by atoms with van der Waals surface area (Å²) < 4.78 is 11.6. The Morgan fingerprint density at radius 3 is 2.76 bits per heavy atom. The quantitative estimate of drug-likeness (QED) is 0.666. The van der Waals surface area contributed by atoms with Crippen LogP contribution in [0.25, 0.3) is 0 Å². The predicted octanol–water partition coefficient (Wildman–Crippen LogP) is 1.57. The van der Waals surface area contributed by atoms with Crippen LogP contribution in [0.15, 0.2) is 24.3 Å². The molecule has 0 spiro atoms. The fraction of sp³-hybridized carbons (Fsp3) is 0.417. The van der Waals surface area contributed by atoms with E-state index in [4.69, 9.17) is 9.47 Å². The van der Waals surface area contributed by atoms with E-state index in [0.29, 0.717) is 13.0 Å². The van der Waals surface area contributed by atoms with Crippen molar-refractivity contribution in [1.82, 2.24) is 5.32 Å². The first-order chi connectivity index (χ1) is 8.19. The second kappa shape index (κ2) is 5.68. The average Bonchev–Trinajstić information content (AvgIpc) is 2.80. The third kappa shape index (κ3) is 3.32. The predicted molar refractivity (Wildman–Crippen MR) is 72.0 cm³/mol. The number of hydrogen-bond acceptors (Lipinski definition) is 4. The van der Waals surface area contributed by atoms with Crippen LogP contribution in [0.4, 0.5) is 0 Å². The molecule has 1 heterocycles. The fourth-order valence-corrected chi connectivity index (χ4v) is 2.18. The zero-order valence-electron chi connectivity index (χ0n) is 9.48. The van der Waals surface area contributed by atoms with E-state index >= 15 is 0 Å². The summed E-state index contributed by atoms with van der Waals surface area (Å²) >= 11 is 2.25. The third-order valence-corrected chi connectivity index (χ3v) is 3.41. The normalized spacial score (nSPS) is 23.4. The fourth-order valence-electron chi connectivity index (χ4n) is 1.82. The van der Waals surface area contributed by atoms with Gasteiger partial charge >= 0.3 is 5.97 Å². The molecule has 1 aromatic rings. The highest BCUT2D eigenvalue weighted by Gasteiger charge is 2.31. The Kier molecular flexibility index (Phi) is 4.22. The second-order valence-corrected chi connectivity index (χ2v) is 5.16. The van der Waals surface area contributed by atoms with Gasteiger partial charge in [-0.15, -0.1) is 0 Å². The molecule has 0 aromatic heterocycles. The highest BCUT2D eigenvalue weighted by Crippen LogP contribution is 2.19. The van der Waals surface area contributed by atoms with Gasteiger partial charge in [0.25, 0.3) is 0 Å². The number of nitrogens with one attached hydrogen (secondary N) is 1. The molecule has 0 amide bonds. The van der Waals surface area contributed by atoms with Crippen molar-refractivity contribution in [2.75, 3.05) is 13.7 Å². The van der Waals surface area contributed by atoms with E-state index in [1.165, 1.54) is 10.7 Å². The molecule has 0 bridgehead atoms. The molecule has 2 unspecified atom stereocenters. The van der Waals surface area contributed by atoms with Gasteiger partial charge in [0.2, 0.25) is 0 Å². The minimum absolute atomic E-state index is 0.0270. The van der Waals surface area contributed by atoms with Crippen molar-refractivity contribution in [3.8, 4) is 5.75 Å². The average molecular weight is 347 g/mol. The minimum atomic E-state index is -0.242. The summed E-state index contributed by atoms with van der Waals surface area (Å²) in [5.41, 5.74) is 0. The van der Waals surface area contributed by atoms with Crippen molar-refractivity contribution < 1.29 is 14.3 Å². The van der Waals surface area contributed by atoms with E-state index < -0.39 is 0 Å². The molecule has 17 heavy (non-hydrogen) atoms. The number of methoxy groups -OCH3 is 1. The number of carbonyl (C=O) groups excluding carboxylic acids is 1. The van der Waals surface area contributed by atoms with Crippen molar-refractivity contribution in [3.63, 3.8) is 0 Å². The summed E-state index contributed by atoms with van der Waals surface area (Å²) in [7, 11) is 1.40. The summed E-state index contributed by atoms with van der Waals surface area (Å²) in [6.45, 7) is 0.672. The van der Waals surface area contributed by atoms with Gasteiger partial charge in [-0.25, -0.2) is 0 Å². The van der Waals surface area contributed by atoms with E-state index in [2.05, 4.69) is 27.9 Å². The molecular formula is C12H14INO3. The Morgan fingerprint density at radius 1 is 1.41 bits per heavy atom. The van der Waals surface area contributed by atoms with Crippen molar-refractivity contribution in [2.45, 2.75) is 18.6 Å². The third-order valence-electron chi connectivity index (χ3n) is 2.69. The lowest BCUT2D eigenvalue weighted by Gasteiger charge is -2.12. The minimum Gasteiger partial charge on any atom is -0.489 e. The van der Waals surface area contributed by atoms with Crippen LogP contribution in [0.2, 0.25) is 0 Å². The van der Waals surface area contributed by atoms with Crippen LogP contribution < -0.4 is 10.1 Å². The van der Waals surface area contributed by atoms with Crippen molar-refractivity contribution >= 4 is 28.6 Å². The molecule has 1 aliphatic heterocycles. The van der Waals surface area contributed by atoms with Crippen molar-refractivity contribution in [3.05, 3.63) is 27.8 Å². The number of hydrogen-bond donors (Lipinski definition) is 1. The molecule has 5 heteroatoms. The number of carbonyl (C=O) groups is 1. The SMILES string of the molecule is COC(=O)C1CC(Oc2ccc(I)cc2)CN1. The van der Waals surface area contributed by atoms with E-state index in [9.17, 15) is 4.79 Å². The highest BCUT2D eigenvalue weighted by atomic mass is 127. The van der Waals surface area contributed by atoms with Gasteiger partial charge in [0.15, 0.2) is 0 Å². The molecule has 1 fully saturated rings. The molecule has 1 aliphatic rings. The van der Waals surface area contributed by atoms with Crippen molar-refractivity contribution in [2.24, 2.45) is 0 Å². The molecule has 2 rings (SSSR count). The summed E-state index contributed by atoms with van der Waals surface area (Å²) in [4.78, 5) is 11.3. The standard InChI is InChI=1S/C12H14INO3/c1-16-12(15)11-6-10(7-14-11)17-9-4-2-8(13)3-5-9/h2-5,10-11,14H,6-7H2,1H3. The smallest absolute Gasteiger partial charge is 0.323 e. The maximum Gasteiger partial charge on any atom is 0.323 e. The maximum atomic E-state index is 11.3. The number of rotatable bonds is 3. The molecule has 92 valence electrons. The summed E-state index contributed by atoms with van der Waals surface area (Å²) in [6.07, 6.45) is 0.678. The summed E-state index contributed by atoms with van der Waals surface area (Å²) in [6, 6.07) is 7.63.